The average Bonchev–Trinajstić information content (AvgIpc) is 2.43. The first-order chi connectivity index (χ1) is 9.65. The van der Waals surface area contributed by atoms with E-state index in [4.69, 9.17) is 0 Å². The highest BCUT2D eigenvalue weighted by Crippen LogP contribution is 2.08. The highest BCUT2D eigenvalue weighted by molar-refractivity contribution is 5.92. The van der Waals surface area contributed by atoms with Crippen LogP contribution in [0, 0.1) is 12.7 Å². The number of aromatic nitrogens is 1. The first-order valence-corrected chi connectivity index (χ1v) is 6.31. The van der Waals surface area contributed by atoms with Gasteiger partial charge in [0.25, 0.3) is 0 Å². The van der Waals surface area contributed by atoms with Crippen molar-refractivity contribution in [3.63, 3.8) is 0 Å². The number of hydrogen-bond acceptors (Lipinski definition) is 3. The van der Waals surface area contributed by atoms with Crippen LogP contribution in [0.4, 0.5) is 10.1 Å². The number of nitrogens with zero attached hydrogens (tertiary/aromatic N) is 1. The summed E-state index contributed by atoms with van der Waals surface area (Å²) in [7, 11) is 0. The van der Waals surface area contributed by atoms with Gasteiger partial charge in [0.1, 0.15) is 5.82 Å². The van der Waals surface area contributed by atoms with Crippen molar-refractivity contribution < 1.29 is 9.18 Å². The number of halogens is 1. The molecule has 0 aliphatic carbocycles. The molecule has 0 aliphatic rings. The van der Waals surface area contributed by atoms with E-state index in [-0.39, 0.29) is 18.3 Å². The van der Waals surface area contributed by atoms with E-state index in [0.29, 0.717) is 12.2 Å². The molecule has 0 spiro atoms. The normalized spacial score (nSPS) is 10.3. The Morgan fingerprint density at radius 1 is 1.25 bits per heavy atom. The molecule has 5 heteroatoms. The molecule has 0 radical (unpaired) electrons. The smallest absolute Gasteiger partial charge is 0.238 e. The van der Waals surface area contributed by atoms with Crippen molar-refractivity contribution in [3.8, 4) is 0 Å². The Kier molecular flexibility index (Phi) is 4.79. The Bertz CT molecular complexity index is 584. The maximum absolute atomic E-state index is 12.7. The van der Waals surface area contributed by atoms with Gasteiger partial charge in [-0.1, -0.05) is 0 Å². The molecule has 104 valence electrons. The third kappa shape index (κ3) is 4.13. The summed E-state index contributed by atoms with van der Waals surface area (Å²) in [6, 6.07) is 7.59. The van der Waals surface area contributed by atoms with Crippen molar-refractivity contribution >= 4 is 11.6 Å². The molecule has 2 aromatic rings. The lowest BCUT2D eigenvalue weighted by Gasteiger charge is -2.08. The number of pyridine rings is 1. The molecule has 1 amide bonds. The van der Waals surface area contributed by atoms with E-state index in [9.17, 15) is 9.18 Å². The van der Waals surface area contributed by atoms with Crippen LogP contribution < -0.4 is 10.6 Å². The van der Waals surface area contributed by atoms with E-state index in [1.54, 1.807) is 12.4 Å². The van der Waals surface area contributed by atoms with Crippen LogP contribution in [0.1, 0.15) is 11.1 Å². The predicted octanol–water partition coefficient (Wildman–Crippen LogP) is 2.26. The summed E-state index contributed by atoms with van der Waals surface area (Å²) >= 11 is 0. The highest BCUT2D eigenvalue weighted by Gasteiger charge is 2.03. The molecular formula is C15H16FN3O. The SMILES string of the molecule is Cc1ccncc1CNCC(=O)Nc1ccc(F)cc1. The van der Waals surface area contributed by atoms with Crippen LogP contribution in [-0.4, -0.2) is 17.4 Å². The lowest BCUT2D eigenvalue weighted by atomic mass is 10.1. The van der Waals surface area contributed by atoms with Gasteiger partial charge in [-0.05, 0) is 48.4 Å². The van der Waals surface area contributed by atoms with Gasteiger partial charge in [-0.25, -0.2) is 4.39 Å². The number of hydrogen-bond donors (Lipinski definition) is 2. The van der Waals surface area contributed by atoms with Crippen molar-refractivity contribution in [1.82, 2.24) is 10.3 Å². The van der Waals surface area contributed by atoms with Gasteiger partial charge in [0.2, 0.25) is 5.91 Å². The predicted molar refractivity (Wildman–Crippen MR) is 75.7 cm³/mol. The van der Waals surface area contributed by atoms with Crippen molar-refractivity contribution in [2.75, 3.05) is 11.9 Å². The number of anilines is 1. The number of rotatable bonds is 5. The molecule has 2 rings (SSSR count). The molecule has 0 atom stereocenters. The van der Waals surface area contributed by atoms with Crippen LogP contribution >= 0.6 is 0 Å². The maximum Gasteiger partial charge on any atom is 0.238 e. The number of carbonyl (C=O) groups excluding carboxylic acids is 1. The Morgan fingerprint density at radius 3 is 2.70 bits per heavy atom. The number of aryl methyl sites for hydroxylation is 1. The topological polar surface area (TPSA) is 54.0 Å². The summed E-state index contributed by atoms with van der Waals surface area (Å²) in [5, 5.41) is 5.73. The molecule has 0 saturated carbocycles. The molecule has 0 saturated heterocycles. The van der Waals surface area contributed by atoms with Crippen molar-refractivity contribution in [1.29, 1.82) is 0 Å². The number of carbonyl (C=O) groups is 1. The second-order valence-electron chi connectivity index (χ2n) is 4.46. The van der Waals surface area contributed by atoms with Gasteiger partial charge in [-0.15, -0.1) is 0 Å². The fourth-order valence-electron chi connectivity index (χ4n) is 1.73. The Labute approximate surface area is 117 Å². The Hall–Kier alpha value is -2.27. The van der Waals surface area contributed by atoms with Gasteiger partial charge in [-0.2, -0.15) is 0 Å². The zero-order chi connectivity index (χ0) is 14.4. The molecule has 1 heterocycles. The second kappa shape index (κ2) is 6.77. The van der Waals surface area contributed by atoms with E-state index < -0.39 is 0 Å². The molecule has 0 aliphatic heterocycles. The monoisotopic (exact) mass is 273 g/mol. The first-order valence-electron chi connectivity index (χ1n) is 6.31. The first kappa shape index (κ1) is 14.1. The van der Waals surface area contributed by atoms with Gasteiger partial charge >= 0.3 is 0 Å². The fourth-order valence-corrected chi connectivity index (χ4v) is 1.73. The number of benzene rings is 1. The van der Waals surface area contributed by atoms with Gasteiger partial charge in [-0.3, -0.25) is 9.78 Å². The summed E-state index contributed by atoms with van der Waals surface area (Å²) < 4.78 is 12.7. The van der Waals surface area contributed by atoms with Gasteiger partial charge in [0.15, 0.2) is 0 Å². The molecule has 0 unspecified atom stereocenters. The van der Waals surface area contributed by atoms with Crippen LogP contribution in [0.5, 0.6) is 0 Å². The lowest BCUT2D eigenvalue weighted by molar-refractivity contribution is -0.115. The second-order valence-corrected chi connectivity index (χ2v) is 4.46. The Balaban J connectivity index is 1.78. The summed E-state index contributed by atoms with van der Waals surface area (Å²) in [6.07, 6.45) is 3.51. The zero-order valence-electron chi connectivity index (χ0n) is 11.2. The van der Waals surface area contributed by atoms with E-state index >= 15 is 0 Å². The van der Waals surface area contributed by atoms with E-state index in [1.165, 1.54) is 24.3 Å². The van der Waals surface area contributed by atoms with Crippen LogP contribution in [0.2, 0.25) is 0 Å². The molecule has 0 bridgehead atoms. The fraction of sp³-hybridized carbons (Fsp3) is 0.200. The van der Waals surface area contributed by atoms with E-state index in [2.05, 4.69) is 15.6 Å². The molecule has 0 fully saturated rings. The summed E-state index contributed by atoms with van der Waals surface area (Å²) in [4.78, 5) is 15.7. The third-order valence-corrected chi connectivity index (χ3v) is 2.88. The standard InChI is InChI=1S/C15H16FN3O/c1-11-6-7-17-8-12(11)9-18-10-15(20)19-14-4-2-13(16)3-5-14/h2-8,18H,9-10H2,1H3,(H,19,20). The molecule has 20 heavy (non-hydrogen) atoms. The van der Waals surface area contributed by atoms with Crippen molar-refractivity contribution in [2.24, 2.45) is 0 Å². The van der Waals surface area contributed by atoms with E-state index in [1.807, 2.05) is 13.0 Å². The maximum atomic E-state index is 12.7. The van der Waals surface area contributed by atoms with Crippen molar-refractivity contribution in [2.45, 2.75) is 13.5 Å². The molecular weight excluding hydrogens is 257 g/mol. The number of amides is 1. The molecule has 2 N–H and O–H groups in total. The van der Waals surface area contributed by atoms with Crippen molar-refractivity contribution in [3.05, 3.63) is 59.7 Å². The van der Waals surface area contributed by atoms with Crippen LogP contribution in [-0.2, 0) is 11.3 Å². The zero-order valence-corrected chi connectivity index (χ0v) is 11.2. The van der Waals surface area contributed by atoms with Crippen LogP contribution in [0.15, 0.2) is 42.7 Å². The third-order valence-electron chi connectivity index (χ3n) is 2.88. The number of nitrogens with one attached hydrogen (secondary N) is 2. The summed E-state index contributed by atoms with van der Waals surface area (Å²) in [5.74, 6) is -0.494. The lowest BCUT2D eigenvalue weighted by Crippen LogP contribution is -2.28. The minimum Gasteiger partial charge on any atom is -0.325 e. The highest BCUT2D eigenvalue weighted by atomic mass is 19.1. The minimum atomic E-state index is -0.326. The molecule has 4 nitrogen and oxygen atoms in total. The summed E-state index contributed by atoms with van der Waals surface area (Å²) in [5.41, 5.74) is 2.77. The van der Waals surface area contributed by atoms with Crippen LogP contribution in [0.25, 0.3) is 0 Å². The van der Waals surface area contributed by atoms with Gasteiger partial charge in [0.05, 0.1) is 6.54 Å². The average molecular weight is 273 g/mol. The minimum absolute atomic E-state index is 0.168. The van der Waals surface area contributed by atoms with E-state index in [0.717, 1.165) is 11.1 Å². The molecule has 1 aromatic heterocycles. The van der Waals surface area contributed by atoms with Crippen LogP contribution in [0.3, 0.4) is 0 Å². The Morgan fingerprint density at radius 2 is 2.00 bits per heavy atom. The van der Waals surface area contributed by atoms with Gasteiger partial charge in [0, 0.05) is 24.6 Å². The quantitative estimate of drug-likeness (QED) is 0.878. The van der Waals surface area contributed by atoms with Gasteiger partial charge < -0.3 is 10.6 Å². The summed E-state index contributed by atoms with van der Waals surface area (Å²) in [6.45, 7) is 2.76. The largest absolute Gasteiger partial charge is 0.325 e. The molecule has 1 aromatic carbocycles.